The molecule has 2 aromatic rings. The van der Waals surface area contributed by atoms with Gasteiger partial charge in [0.05, 0.1) is 10.8 Å². The van der Waals surface area contributed by atoms with Crippen molar-refractivity contribution in [2.24, 2.45) is 5.92 Å². The fraction of sp³-hybridized carbons (Fsp3) is 0.278. The Labute approximate surface area is 147 Å². The number of rotatable bonds is 6. The first kappa shape index (κ1) is 17.3. The fourth-order valence-electron chi connectivity index (χ4n) is 2.77. The Morgan fingerprint density at radius 2 is 1.68 bits per heavy atom. The molecule has 1 fully saturated rings. The molecule has 0 spiro atoms. The van der Waals surface area contributed by atoms with Gasteiger partial charge in [-0.05, 0) is 54.3 Å². The minimum absolute atomic E-state index is 0.0294. The van der Waals surface area contributed by atoms with E-state index < -0.39 is 16.0 Å². The van der Waals surface area contributed by atoms with E-state index in [4.69, 9.17) is 5.11 Å². The largest absolute Gasteiger partial charge is 0.481 e. The SMILES string of the molecule is CN(C)c1ccc(S(=O)(=O)Nc2ccc([C@H]3C[C@@H]3C(=O)O)cc2)cc1. The van der Waals surface area contributed by atoms with Gasteiger partial charge in [-0.3, -0.25) is 9.52 Å². The van der Waals surface area contributed by atoms with Crippen molar-refractivity contribution in [2.45, 2.75) is 17.2 Å². The normalized spacial score (nSPS) is 19.3. The molecule has 2 N–H and O–H groups in total. The molecular formula is C18H20N2O4S. The van der Waals surface area contributed by atoms with E-state index in [1.54, 1.807) is 48.5 Å². The number of hydrogen-bond donors (Lipinski definition) is 2. The highest BCUT2D eigenvalue weighted by molar-refractivity contribution is 7.92. The molecule has 0 unspecified atom stereocenters. The van der Waals surface area contributed by atoms with Crippen LogP contribution in [-0.4, -0.2) is 33.6 Å². The van der Waals surface area contributed by atoms with E-state index >= 15 is 0 Å². The average Bonchev–Trinajstić information content (AvgIpc) is 3.36. The number of carboxylic acid groups (broad SMARTS) is 1. The van der Waals surface area contributed by atoms with Gasteiger partial charge in [0.15, 0.2) is 0 Å². The van der Waals surface area contributed by atoms with Crippen LogP contribution < -0.4 is 9.62 Å². The maximum Gasteiger partial charge on any atom is 0.307 e. The Morgan fingerprint density at radius 3 is 2.16 bits per heavy atom. The molecule has 0 bridgehead atoms. The first-order valence-corrected chi connectivity index (χ1v) is 9.39. The van der Waals surface area contributed by atoms with E-state index in [0.29, 0.717) is 12.1 Å². The molecule has 1 saturated carbocycles. The number of sulfonamides is 1. The molecule has 1 aliphatic rings. The van der Waals surface area contributed by atoms with Gasteiger partial charge in [0.2, 0.25) is 0 Å². The summed E-state index contributed by atoms with van der Waals surface area (Å²) in [5.74, 6) is -1.07. The summed E-state index contributed by atoms with van der Waals surface area (Å²) in [5.41, 5.74) is 2.29. The quantitative estimate of drug-likeness (QED) is 0.827. The predicted octanol–water partition coefficient (Wildman–Crippen LogP) is 2.74. The molecule has 0 heterocycles. The minimum Gasteiger partial charge on any atom is -0.481 e. The number of aliphatic carboxylic acids is 1. The lowest BCUT2D eigenvalue weighted by Gasteiger charge is -2.13. The van der Waals surface area contributed by atoms with Crippen LogP contribution in [0.5, 0.6) is 0 Å². The van der Waals surface area contributed by atoms with E-state index in [2.05, 4.69) is 4.72 Å². The van der Waals surface area contributed by atoms with Gasteiger partial charge >= 0.3 is 5.97 Å². The Bertz CT molecular complexity index is 874. The summed E-state index contributed by atoms with van der Waals surface area (Å²) in [6, 6.07) is 13.5. The van der Waals surface area contributed by atoms with Gasteiger partial charge in [0.1, 0.15) is 0 Å². The molecule has 0 saturated heterocycles. The Balaban J connectivity index is 1.71. The number of carbonyl (C=O) groups is 1. The van der Waals surface area contributed by atoms with Crippen LogP contribution in [-0.2, 0) is 14.8 Å². The Morgan fingerprint density at radius 1 is 1.08 bits per heavy atom. The molecular weight excluding hydrogens is 340 g/mol. The monoisotopic (exact) mass is 360 g/mol. The van der Waals surface area contributed by atoms with E-state index in [1.165, 1.54) is 0 Å². The summed E-state index contributed by atoms with van der Waals surface area (Å²) in [6.45, 7) is 0. The Hall–Kier alpha value is -2.54. The van der Waals surface area contributed by atoms with Crippen molar-refractivity contribution in [3.05, 3.63) is 54.1 Å². The van der Waals surface area contributed by atoms with E-state index in [-0.39, 0.29) is 16.7 Å². The third kappa shape index (κ3) is 3.76. The summed E-state index contributed by atoms with van der Waals surface area (Å²) in [7, 11) is 0.114. The van der Waals surface area contributed by atoms with Crippen LogP contribution in [0.25, 0.3) is 0 Å². The predicted molar refractivity (Wildman–Crippen MR) is 96.5 cm³/mol. The third-order valence-corrected chi connectivity index (χ3v) is 5.76. The molecule has 2 aromatic carbocycles. The number of carboxylic acids is 1. The van der Waals surface area contributed by atoms with Crippen LogP contribution in [0.3, 0.4) is 0 Å². The van der Waals surface area contributed by atoms with Crippen LogP contribution in [0, 0.1) is 5.92 Å². The van der Waals surface area contributed by atoms with Crippen LogP contribution in [0.2, 0.25) is 0 Å². The fourth-order valence-corrected chi connectivity index (χ4v) is 3.83. The summed E-state index contributed by atoms with van der Waals surface area (Å²) in [6.07, 6.45) is 0.638. The van der Waals surface area contributed by atoms with Gasteiger partial charge in [0.25, 0.3) is 10.0 Å². The van der Waals surface area contributed by atoms with Crippen LogP contribution in [0.1, 0.15) is 17.9 Å². The van der Waals surface area contributed by atoms with Crippen molar-refractivity contribution < 1.29 is 18.3 Å². The van der Waals surface area contributed by atoms with Crippen LogP contribution >= 0.6 is 0 Å². The highest BCUT2D eigenvalue weighted by Gasteiger charge is 2.44. The van der Waals surface area contributed by atoms with Crippen molar-refractivity contribution in [1.29, 1.82) is 0 Å². The summed E-state index contributed by atoms with van der Waals surface area (Å²) in [5, 5.41) is 8.98. The molecule has 25 heavy (non-hydrogen) atoms. The van der Waals surface area contributed by atoms with Crippen LogP contribution in [0.4, 0.5) is 11.4 Å². The average molecular weight is 360 g/mol. The molecule has 0 amide bonds. The summed E-state index contributed by atoms with van der Waals surface area (Å²) >= 11 is 0. The van der Waals surface area contributed by atoms with Gasteiger partial charge < -0.3 is 10.0 Å². The third-order valence-electron chi connectivity index (χ3n) is 4.36. The van der Waals surface area contributed by atoms with Gasteiger partial charge in [-0.1, -0.05) is 12.1 Å². The van der Waals surface area contributed by atoms with Gasteiger partial charge in [-0.15, -0.1) is 0 Å². The summed E-state index contributed by atoms with van der Waals surface area (Å²) < 4.78 is 27.5. The molecule has 1 aliphatic carbocycles. The lowest BCUT2D eigenvalue weighted by atomic mass is 10.1. The first-order valence-electron chi connectivity index (χ1n) is 7.91. The van der Waals surface area contributed by atoms with Crippen molar-refractivity contribution >= 4 is 27.4 Å². The maximum atomic E-state index is 12.5. The van der Waals surface area contributed by atoms with E-state index in [0.717, 1.165) is 11.3 Å². The smallest absolute Gasteiger partial charge is 0.307 e. The van der Waals surface area contributed by atoms with Crippen molar-refractivity contribution in [1.82, 2.24) is 0 Å². The lowest BCUT2D eigenvalue weighted by molar-refractivity contribution is -0.138. The molecule has 3 rings (SSSR count). The zero-order valence-electron chi connectivity index (χ0n) is 14.0. The zero-order valence-corrected chi connectivity index (χ0v) is 14.8. The molecule has 7 heteroatoms. The first-order chi connectivity index (χ1) is 11.8. The zero-order chi connectivity index (χ0) is 18.2. The van der Waals surface area contributed by atoms with Gasteiger partial charge in [-0.2, -0.15) is 0 Å². The maximum absolute atomic E-state index is 12.5. The topological polar surface area (TPSA) is 86.7 Å². The second-order valence-corrected chi connectivity index (χ2v) is 8.09. The molecule has 0 radical (unpaired) electrons. The van der Waals surface area contributed by atoms with Crippen molar-refractivity contribution in [3.63, 3.8) is 0 Å². The molecule has 6 nitrogen and oxygen atoms in total. The van der Waals surface area contributed by atoms with E-state index in [1.807, 2.05) is 19.0 Å². The second kappa shape index (κ2) is 6.40. The van der Waals surface area contributed by atoms with Crippen LogP contribution in [0.15, 0.2) is 53.4 Å². The van der Waals surface area contributed by atoms with E-state index in [9.17, 15) is 13.2 Å². The molecule has 0 aliphatic heterocycles. The second-order valence-electron chi connectivity index (χ2n) is 6.40. The molecule has 2 atom stereocenters. The van der Waals surface area contributed by atoms with Crippen molar-refractivity contribution in [3.8, 4) is 0 Å². The molecule has 0 aromatic heterocycles. The Kier molecular flexibility index (Phi) is 4.43. The number of benzene rings is 2. The van der Waals surface area contributed by atoms with Crippen molar-refractivity contribution in [2.75, 3.05) is 23.7 Å². The highest BCUT2D eigenvalue weighted by atomic mass is 32.2. The number of nitrogens with one attached hydrogen (secondary N) is 1. The lowest BCUT2D eigenvalue weighted by Crippen LogP contribution is -2.14. The van der Waals surface area contributed by atoms with Gasteiger partial charge in [-0.25, -0.2) is 8.42 Å². The van der Waals surface area contributed by atoms with Gasteiger partial charge in [0, 0.05) is 25.5 Å². The number of nitrogens with zero attached hydrogens (tertiary/aromatic N) is 1. The minimum atomic E-state index is -3.66. The molecule has 132 valence electrons. The number of hydrogen-bond acceptors (Lipinski definition) is 4. The summed E-state index contributed by atoms with van der Waals surface area (Å²) in [4.78, 5) is 13.0. The standard InChI is InChI=1S/C18H20N2O4S/c1-20(2)14-7-9-15(10-8-14)25(23,24)19-13-5-3-12(4-6-13)16-11-17(16)18(21)22/h3-10,16-17,19H,11H2,1-2H3,(H,21,22)/t16-,17+/m1/s1. The highest BCUT2D eigenvalue weighted by Crippen LogP contribution is 2.47. The number of anilines is 2.